The number of nitrogens with zero attached hydrogens (tertiary/aromatic N) is 2. The highest BCUT2D eigenvalue weighted by molar-refractivity contribution is 5.59. The molecule has 0 saturated carbocycles. The number of hydrogen-bond donors (Lipinski definition) is 1. The van der Waals surface area contributed by atoms with E-state index in [9.17, 15) is 0 Å². The number of aromatic nitrogens is 2. The van der Waals surface area contributed by atoms with Crippen LogP contribution in [0.15, 0.2) is 12.9 Å². The minimum absolute atomic E-state index is 0.331. The number of hydrogen-bond acceptors (Lipinski definition) is 4. The number of methoxy groups -OCH3 is 1. The van der Waals surface area contributed by atoms with Gasteiger partial charge in [0.05, 0.1) is 7.11 Å². The van der Waals surface area contributed by atoms with Gasteiger partial charge in [0.1, 0.15) is 12.0 Å². The van der Waals surface area contributed by atoms with E-state index in [1.165, 1.54) is 13.4 Å². The van der Waals surface area contributed by atoms with E-state index in [2.05, 4.69) is 16.5 Å². The van der Waals surface area contributed by atoms with Gasteiger partial charge in [-0.15, -0.1) is 0 Å². The maximum absolute atomic E-state index is 5.48. The number of rotatable bonds is 2. The van der Waals surface area contributed by atoms with Gasteiger partial charge < -0.3 is 10.5 Å². The standard InChI is InChI=1S/C7H9N3O/c1-3-5-6(11-2)7(8)10-4-9-5/h3-4H,1H2,2H3,(H2,8,9,10). The summed E-state index contributed by atoms with van der Waals surface area (Å²) in [4.78, 5) is 7.65. The number of nitrogens with two attached hydrogens (primary N) is 1. The van der Waals surface area contributed by atoms with Crippen LogP contribution in [0.3, 0.4) is 0 Å². The molecule has 4 heteroatoms. The summed E-state index contributed by atoms with van der Waals surface area (Å²) in [6, 6.07) is 0. The molecule has 2 N–H and O–H groups in total. The van der Waals surface area contributed by atoms with E-state index in [-0.39, 0.29) is 0 Å². The summed E-state index contributed by atoms with van der Waals surface area (Å²) in [6.07, 6.45) is 2.94. The van der Waals surface area contributed by atoms with Gasteiger partial charge in [-0.25, -0.2) is 9.97 Å². The molecule has 1 rings (SSSR count). The van der Waals surface area contributed by atoms with Crippen LogP contribution in [0.5, 0.6) is 5.75 Å². The Bertz CT molecular complexity index is 272. The summed E-state index contributed by atoms with van der Waals surface area (Å²) in [6.45, 7) is 3.55. The molecular weight excluding hydrogens is 142 g/mol. The first-order valence-electron chi connectivity index (χ1n) is 3.06. The molecule has 1 aromatic heterocycles. The highest BCUT2D eigenvalue weighted by Crippen LogP contribution is 2.21. The predicted octanol–water partition coefficient (Wildman–Crippen LogP) is 0.710. The van der Waals surface area contributed by atoms with E-state index in [0.29, 0.717) is 17.3 Å². The van der Waals surface area contributed by atoms with Gasteiger partial charge in [-0.2, -0.15) is 0 Å². The Balaban J connectivity index is 3.23. The van der Waals surface area contributed by atoms with Crippen molar-refractivity contribution in [2.75, 3.05) is 12.8 Å². The summed E-state index contributed by atoms with van der Waals surface area (Å²) >= 11 is 0. The molecule has 0 aromatic carbocycles. The Labute approximate surface area is 64.7 Å². The smallest absolute Gasteiger partial charge is 0.186 e. The molecule has 0 fully saturated rings. The molecule has 0 unspecified atom stereocenters. The van der Waals surface area contributed by atoms with Gasteiger partial charge in [-0.3, -0.25) is 0 Å². The zero-order valence-electron chi connectivity index (χ0n) is 6.24. The normalized spacial score (nSPS) is 9.18. The van der Waals surface area contributed by atoms with Crippen molar-refractivity contribution >= 4 is 11.9 Å². The van der Waals surface area contributed by atoms with Crippen LogP contribution in [0.1, 0.15) is 5.69 Å². The topological polar surface area (TPSA) is 61.0 Å². The minimum atomic E-state index is 0.331. The fourth-order valence-corrected chi connectivity index (χ4v) is 0.756. The first-order valence-corrected chi connectivity index (χ1v) is 3.06. The van der Waals surface area contributed by atoms with Gasteiger partial charge in [0.2, 0.25) is 0 Å². The lowest BCUT2D eigenvalue weighted by molar-refractivity contribution is 0.412. The van der Waals surface area contributed by atoms with Crippen molar-refractivity contribution in [1.82, 2.24) is 9.97 Å². The van der Waals surface area contributed by atoms with E-state index in [1.807, 2.05) is 0 Å². The number of anilines is 1. The molecule has 0 aliphatic rings. The van der Waals surface area contributed by atoms with Crippen molar-refractivity contribution in [2.24, 2.45) is 0 Å². The molecule has 0 aliphatic heterocycles. The fourth-order valence-electron chi connectivity index (χ4n) is 0.756. The molecule has 0 spiro atoms. The molecule has 0 saturated heterocycles. The number of nitrogen functional groups attached to an aromatic ring is 1. The number of ether oxygens (including phenoxy) is 1. The summed E-state index contributed by atoms with van der Waals surface area (Å²) in [5.74, 6) is 0.805. The lowest BCUT2D eigenvalue weighted by Crippen LogP contribution is -1.99. The largest absolute Gasteiger partial charge is 0.491 e. The van der Waals surface area contributed by atoms with Crippen molar-refractivity contribution < 1.29 is 4.74 Å². The van der Waals surface area contributed by atoms with Crippen LogP contribution >= 0.6 is 0 Å². The maximum atomic E-state index is 5.48. The molecule has 1 heterocycles. The fraction of sp³-hybridized carbons (Fsp3) is 0.143. The van der Waals surface area contributed by atoms with Crippen LogP contribution in [0.4, 0.5) is 5.82 Å². The Morgan fingerprint density at radius 2 is 2.36 bits per heavy atom. The van der Waals surface area contributed by atoms with Crippen molar-refractivity contribution in [2.45, 2.75) is 0 Å². The predicted molar refractivity (Wildman–Crippen MR) is 43.1 cm³/mol. The molecule has 58 valence electrons. The van der Waals surface area contributed by atoms with Crippen molar-refractivity contribution in [3.05, 3.63) is 18.6 Å². The van der Waals surface area contributed by atoms with Crippen LogP contribution < -0.4 is 10.5 Å². The third-order valence-corrected chi connectivity index (χ3v) is 1.26. The molecule has 0 amide bonds. The Morgan fingerprint density at radius 3 is 2.82 bits per heavy atom. The van der Waals surface area contributed by atoms with Gasteiger partial charge >= 0.3 is 0 Å². The lowest BCUT2D eigenvalue weighted by atomic mass is 10.3. The summed E-state index contributed by atoms with van der Waals surface area (Å²) < 4.78 is 4.95. The summed E-state index contributed by atoms with van der Waals surface area (Å²) in [7, 11) is 1.52. The molecule has 4 nitrogen and oxygen atoms in total. The molecule has 0 atom stereocenters. The van der Waals surface area contributed by atoms with Crippen LogP contribution in [0.2, 0.25) is 0 Å². The van der Waals surface area contributed by atoms with Crippen molar-refractivity contribution in [3.63, 3.8) is 0 Å². The quantitative estimate of drug-likeness (QED) is 0.676. The molecular formula is C7H9N3O. The van der Waals surface area contributed by atoms with Crippen LogP contribution in [-0.4, -0.2) is 17.1 Å². The SMILES string of the molecule is C=Cc1ncnc(N)c1OC. The van der Waals surface area contributed by atoms with E-state index >= 15 is 0 Å². The second-order valence-corrected chi connectivity index (χ2v) is 1.88. The van der Waals surface area contributed by atoms with Crippen LogP contribution in [-0.2, 0) is 0 Å². The third-order valence-electron chi connectivity index (χ3n) is 1.26. The molecule has 11 heavy (non-hydrogen) atoms. The van der Waals surface area contributed by atoms with E-state index in [0.717, 1.165) is 0 Å². The second kappa shape index (κ2) is 3.01. The minimum Gasteiger partial charge on any atom is -0.491 e. The first kappa shape index (κ1) is 7.53. The van der Waals surface area contributed by atoms with E-state index < -0.39 is 0 Å². The maximum Gasteiger partial charge on any atom is 0.186 e. The van der Waals surface area contributed by atoms with E-state index in [4.69, 9.17) is 10.5 Å². The lowest BCUT2D eigenvalue weighted by Gasteiger charge is -2.04. The third kappa shape index (κ3) is 1.29. The molecule has 1 aromatic rings. The monoisotopic (exact) mass is 151 g/mol. The zero-order valence-corrected chi connectivity index (χ0v) is 6.24. The van der Waals surface area contributed by atoms with Gasteiger partial charge in [-0.1, -0.05) is 6.58 Å². The summed E-state index contributed by atoms with van der Waals surface area (Å²) in [5, 5.41) is 0. The van der Waals surface area contributed by atoms with Crippen LogP contribution in [0.25, 0.3) is 6.08 Å². The summed E-state index contributed by atoms with van der Waals surface area (Å²) in [5.41, 5.74) is 6.09. The van der Waals surface area contributed by atoms with Crippen LogP contribution in [0, 0.1) is 0 Å². The molecule has 0 radical (unpaired) electrons. The second-order valence-electron chi connectivity index (χ2n) is 1.88. The highest BCUT2D eigenvalue weighted by Gasteiger charge is 2.04. The van der Waals surface area contributed by atoms with Gasteiger partial charge in [-0.05, 0) is 6.08 Å². The molecule has 0 aliphatic carbocycles. The zero-order chi connectivity index (χ0) is 8.27. The van der Waals surface area contributed by atoms with Gasteiger partial charge in [0.25, 0.3) is 0 Å². The Morgan fingerprint density at radius 1 is 1.64 bits per heavy atom. The Kier molecular flexibility index (Phi) is 2.06. The average Bonchev–Trinajstić information content (AvgIpc) is 2.04. The highest BCUT2D eigenvalue weighted by atomic mass is 16.5. The Hall–Kier alpha value is -1.58. The first-order chi connectivity index (χ1) is 5.29. The average molecular weight is 151 g/mol. The molecule has 0 bridgehead atoms. The van der Waals surface area contributed by atoms with Gasteiger partial charge in [0, 0.05) is 0 Å². The van der Waals surface area contributed by atoms with Gasteiger partial charge in [0.15, 0.2) is 11.6 Å². The van der Waals surface area contributed by atoms with Crippen molar-refractivity contribution in [3.8, 4) is 5.75 Å². The van der Waals surface area contributed by atoms with E-state index in [1.54, 1.807) is 6.08 Å². The van der Waals surface area contributed by atoms with Crippen molar-refractivity contribution in [1.29, 1.82) is 0 Å².